The quantitative estimate of drug-likeness (QED) is 0.246. The number of thioether (sulfide) groups is 1. The van der Waals surface area contributed by atoms with Gasteiger partial charge in [0.25, 0.3) is 5.56 Å². The molecule has 0 saturated heterocycles. The number of methoxy groups -OCH3 is 1. The smallest absolute Gasteiger partial charge is 0.267 e. The van der Waals surface area contributed by atoms with Gasteiger partial charge in [0.15, 0.2) is 5.16 Å². The van der Waals surface area contributed by atoms with Crippen LogP contribution < -0.4 is 15.6 Å². The second kappa shape index (κ2) is 10.0. The number of carbonyl (C=O) groups is 1. The van der Waals surface area contributed by atoms with Crippen LogP contribution in [0, 0.1) is 6.92 Å². The van der Waals surface area contributed by atoms with E-state index in [1.807, 2.05) is 31.2 Å². The van der Waals surface area contributed by atoms with Gasteiger partial charge in [-0.05, 0) is 86.2 Å². The van der Waals surface area contributed by atoms with E-state index in [0.29, 0.717) is 32.7 Å². The predicted octanol–water partition coefficient (Wildman–Crippen LogP) is 6.03. The van der Waals surface area contributed by atoms with Crippen LogP contribution in [0.4, 0.5) is 5.69 Å². The molecule has 0 aliphatic heterocycles. The van der Waals surface area contributed by atoms with Gasteiger partial charge in [-0.2, -0.15) is 0 Å². The molecule has 180 valence electrons. The molecule has 5 rings (SSSR count). The lowest BCUT2D eigenvalue weighted by molar-refractivity contribution is -0.113. The Kier molecular flexibility index (Phi) is 6.86. The first kappa shape index (κ1) is 23.9. The fourth-order valence-corrected chi connectivity index (χ4v) is 6.67. The summed E-state index contributed by atoms with van der Waals surface area (Å²) < 4.78 is 6.90. The zero-order chi connectivity index (χ0) is 24.5. The van der Waals surface area contributed by atoms with Crippen molar-refractivity contribution in [3.8, 4) is 11.4 Å². The summed E-state index contributed by atoms with van der Waals surface area (Å²) in [5.41, 5.74) is 3.34. The van der Waals surface area contributed by atoms with Gasteiger partial charge >= 0.3 is 0 Å². The number of fused-ring (bicyclic) bond motifs is 3. The maximum absolute atomic E-state index is 13.8. The standard InChI is InChI=1S/C26H24ClN3O3S2/c1-15-13-16(27)7-12-20(15)28-22(31)14-34-26-29-24-23(19-5-3-4-6-21(19)35-24)25(32)30(26)17-8-10-18(33-2)11-9-17/h7-13H,3-6,14H2,1-2H3,(H,28,31). The first-order chi connectivity index (χ1) is 16.9. The number of anilines is 1. The van der Waals surface area contributed by atoms with E-state index in [0.717, 1.165) is 41.6 Å². The molecule has 1 aliphatic rings. The number of aromatic nitrogens is 2. The molecule has 0 fully saturated rings. The fraction of sp³-hybridized carbons (Fsp3) is 0.269. The molecule has 4 aromatic rings. The van der Waals surface area contributed by atoms with E-state index < -0.39 is 0 Å². The molecular weight excluding hydrogens is 502 g/mol. The normalized spacial score (nSPS) is 13.0. The number of carbonyl (C=O) groups excluding carboxylic acids is 1. The number of amides is 1. The molecule has 2 heterocycles. The highest BCUT2D eigenvalue weighted by molar-refractivity contribution is 7.99. The van der Waals surface area contributed by atoms with E-state index in [2.05, 4.69) is 5.32 Å². The molecule has 2 aromatic carbocycles. The molecule has 1 N–H and O–H groups in total. The molecule has 1 aliphatic carbocycles. The van der Waals surface area contributed by atoms with E-state index in [9.17, 15) is 9.59 Å². The lowest BCUT2D eigenvalue weighted by Gasteiger charge is -2.14. The first-order valence-corrected chi connectivity index (χ1v) is 13.5. The average Bonchev–Trinajstić information content (AvgIpc) is 3.23. The molecule has 6 nitrogen and oxygen atoms in total. The number of nitrogens with zero attached hydrogens (tertiary/aromatic N) is 2. The van der Waals surface area contributed by atoms with Crippen LogP contribution in [0.5, 0.6) is 5.75 Å². The molecule has 0 atom stereocenters. The highest BCUT2D eigenvalue weighted by Crippen LogP contribution is 2.35. The molecule has 2 aromatic heterocycles. The van der Waals surface area contributed by atoms with Crippen LogP contribution in [0.15, 0.2) is 52.4 Å². The number of hydrogen-bond acceptors (Lipinski definition) is 6. The molecule has 35 heavy (non-hydrogen) atoms. The Morgan fingerprint density at radius 3 is 2.71 bits per heavy atom. The summed E-state index contributed by atoms with van der Waals surface area (Å²) >= 11 is 8.88. The summed E-state index contributed by atoms with van der Waals surface area (Å²) in [5, 5.41) is 4.75. The van der Waals surface area contributed by atoms with Gasteiger partial charge in [0, 0.05) is 15.6 Å². The molecular formula is C26H24ClN3O3S2. The minimum absolute atomic E-state index is 0.0870. The van der Waals surface area contributed by atoms with E-state index >= 15 is 0 Å². The average molecular weight is 526 g/mol. The van der Waals surface area contributed by atoms with Crippen molar-refractivity contribution in [2.24, 2.45) is 0 Å². The number of hydrogen-bond donors (Lipinski definition) is 1. The number of ether oxygens (including phenoxy) is 1. The number of nitrogens with one attached hydrogen (secondary N) is 1. The molecule has 0 spiro atoms. The van der Waals surface area contributed by atoms with E-state index in [1.165, 1.54) is 16.6 Å². The summed E-state index contributed by atoms with van der Waals surface area (Å²) in [6.45, 7) is 1.89. The first-order valence-electron chi connectivity index (χ1n) is 11.3. The summed E-state index contributed by atoms with van der Waals surface area (Å²) in [6, 6.07) is 12.7. The largest absolute Gasteiger partial charge is 0.497 e. The van der Waals surface area contributed by atoms with Gasteiger partial charge in [-0.1, -0.05) is 23.4 Å². The minimum Gasteiger partial charge on any atom is -0.497 e. The minimum atomic E-state index is -0.179. The Bertz CT molecular complexity index is 1480. The van der Waals surface area contributed by atoms with Crippen LogP contribution in [-0.4, -0.2) is 28.3 Å². The zero-order valence-electron chi connectivity index (χ0n) is 19.4. The number of benzene rings is 2. The molecule has 9 heteroatoms. The number of thiophene rings is 1. The summed E-state index contributed by atoms with van der Waals surface area (Å²) in [6.07, 6.45) is 4.12. The van der Waals surface area contributed by atoms with Crippen molar-refractivity contribution >= 4 is 56.5 Å². The van der Waals surface area contributed by atoms with Crippen LogP contribution in [0.1, 0.15) is 28.8 Å². The van der Waals surface area contributed by atoms with Crippen molar-refractivity contribution in [2.45, 2.75) is 37.8 Å². The Labute approximate surface area is 216 Å². The van der Waals surface area contributed by atoms with Crippen molar-refractivity contribution in [3.63, 3.8) is 0 Å². The van der Waals surface area contributed by atoms with Crippen molar-refractivity contribution < 1.29 is 9.53 Å². The summed E-state index contributed by atoms with van der Waals surface area (Å²) in [4.78, 5) is 33.5. The zero-order valence-corrected chi connectivity index (χ0v) is 21.8. The van der Waals surface area contributed by atoms with Crippen LogP contribution in [0.3, 0.4) is 0 Å². The molecule has 0 saturated carbocycles. The third-order valence-electron chi connectivity index (χ3n) is 6.08. The summed E-state index contributed by atoms with van der Waals surface area (Å²) in [5.74, 6) is 0.638. The monoisotopic (exact) mass is 525 g/mol. The third kappa shape index (κ3) is 4.83. The SMILES string of the molecule is COc1ccc(-n2c(SCC(=O)Nc3ccc(Cl)cc3C)nc3sc4c(c3c2=O)CCCC4)cc1. The highest BCUT2D eigenvalue weighted by Gasteiger charge is 2.23. The van der Waals surface area contributed by atoms with Crippen LogP contribution in [0.25, 0.3) is 15.9 Å². The topological polar surface area (TPSA) is 73.2 Å². The summed E-state index contributed by atoms with van der Waals surface area (Å²) in [7, 11) is 1.61. The van der Waals surface area contributed by atoms with E-state index in [4.69, 9.17) is 21.3 Å². The van der Waals surface area contributed by atoms with Crippen molar-refractivity contribution in [2.75, 3.05) is 18.2 Å². The van der Waals surface area contributed by atoms with Gasteiger partial charge < -0.3 is 10.1 Å². The lowest BCUT2D eigenvalue weighted by atomic mass is 9.97. The molecule has 0 bridgehead atoms. The maximum Gasteiger partial charge on any atom is 0.267 e. The van der Waals surface area contributed by atoms with Gasteiger partial charge in [0.2, 0.25) is 5.91 Å². The lowest BCUT2D eigenvalue weighted by Crippen LogP contribution is -2.23. The predicted molar refractivity (Wildman–Crippen MR) is 144 cm³/mol. The Balaban J connectivity index is 1.51. The van der Waals surface area contributed by atoms with Crippen molar-refractivity contribution in [3.05, 3.63) is 73.8 Å². The molecule has 0 unspecified atom stereocenters. The Morgan fingerprint density at radius 2 is 1.97 bits per heavy atom. The molecule has 1 amide bonds. The highest BCUT2D eigenvalue weighted by atomic mass is 35.5. The van der Waals surface area contributed by atoms with Crippen LogP contribution in [-0.2, 0) is 17.6 Å². The van der Waals surface area contributed by atoms with E-state index in [1.54, 1.807) is 41.2 Å². The molecule has 0 radical (unpaired) electrons. The van der Waals surface area contributed by atoms with Crippen molar-refractivity contribution in [1.29, 1.82) is 0 Å². The van der Waals surface area contributed by atoms with Gasteiger partial charge in [-0.3, -0.25) is 14.2 Å². The van der Waals surface area contributed by atoms with E-state index in [-0.39, 0.29) is 17.2 Å². The van der Waals surface area contributed by atoms with Crippen LogP contribution in [0.2, 0.25) is 5.02 Å². The van der Waals surface area contributed by atoms with Gasteiger partial charge in [-0.15, -0.1) is 11.3 Å². The van der Waals surface area contributed by atoms with Crippen LogP contribution >= 0.6 is 34.7 Å². The number of halogens is 1. The number of aryl methyl sites for hydroxylation is 3. The third-order valence-corrected chi connectivity index (χ3v) is 8.44. The second-order valence-corrected chi connectivity index (χ2v) is 10.9. The Hall–Kier alpha value is -2.81. The fourth-order valence-electron chi connectivity index (χ4n) is 4.33. The second-order valence-electron chi connectivity index (χ2n) is 8.42. The number of rotatable bonds is 6. The van der Waals surface area contributed by atoms with Crippen molar-refractivity contribution in [1.82, 2.24) is 9.55 Å². The van der Waals surface area contributed by atoms with Gasteiger partial charge in [0.1, 0.15) is 10.6 Å². The Morgan fingerprint density at radius 1 is 1.20 bits per heavy atom. The maximum atomic E-state index is 13.8. The van der Waals surface area contributed by atoms with Gasteiger partial charge in [-0.25, -0.2) is 4.98 Å². The van der Waals surface area contributed by atoms with Gasteiger partial charge in [0.05, 0.1) is 23.9 Å².